The van der Waals surface area contributed by atoms with Crippen LogP contribution in [-0.4, -0.2) is 33.9 Å². The predicted molar refractivity (Wildman–Crippen MR) is 84.0 cm³/mol. The van der Waals surface area contributed by atoms with E-state index in [4.69, 9.17) is 15.3 Å². The molecule has 21 heavy (non-hydrogen) atoms. The molecular weight excluding hydrogens is 340 g/mol. The SMILES string of the molecule is CCCCCCO.Cc1cc(Br)c(C(=O)O)cc1C(=O)O. The maximum absolute atomic E-state index is 10.7. The van der Waals surface area contributed by atoms with Crippen molar-refractivity contribution in [2.45, 2.75) is 39.5 Å². The first-order valence-corrected chi connectivity index (χ1v) is 7.52. The van der Waals surface area contributed by atoms with Gasteiger partial charge in [0.2, 0.25) is 0 Å². The number of benzene rings is 1. The molecular formula is C15H21BrO5. The van der Waals surface area contributed by atoms with Gasteiger partial charge >= 0.3 is 11.9 Å². The lowest BCUT2D eigenvalue weighted by Gasteiger charge is -2.04. The lowest BCUT2D eigenvalue weighted by atomic mass is 10.1. The van der Waals surface area contributed by atoms with Crippen molar-refractivity contribution in [3.8, 4) is 0 Å². The van der Waals surface area contributed by atoms with E-state index in [1.165, 1.54) is 25.3 Å². The van der Waals surface area contributed by atoms with Crippen LogP contribution < -0.4 is 0 Å². The van der Waals surface area contributed by atoms with Gasteiger partial charge in [0, 0.05) is 11.1 Å². The largest absolute Gasteiger partial charge is 0.478 e. The third kappa shape index (κ3) is 7.24. The van der Waals surface area contributed by atoms with Crippen LogP contribution in [0.25, 0.3) is 0 Å². The van der Waals surface area contributed by atoms with Gasteiger partial charge in [0.05, 0.1) is 11.1 Å². The molecule has 0 amide bonds. The number of aryl methyl sites for hydroxylation is 1. The summed E-state index contributed by atoms with van der Waals surface area (Å²) >= 11 is 3.06. The van der Waals surface area contributed by atoms with E-state index < -0.39 is 11.9 Å². The number of hydrogen-bond acceptors (Lipinski definition) is 3. The van der Waals surface area contributed by atoms with Gasteiger partial charge in [-0.05, 0) is 47.0 Å². The Morgan fingerprint density at radius 2 is 1.62 bits per heavy atom. The molecule has 0 heterocycles. The molecule has 6 heteroatoms. The Labute approximate surface area is 132 Å². The Morgan fingerprint density at radius 3 is 2.05 bits per heavy atom. The molecule has 1 aromatic rings. The van der Waals surface area contributed by atoms with Crippen LogP contribution in [0.15, 0.2) is 16.6 Å². The number of unbranched alkanes of at least 4 members (excludes halogenated alkanes) is 3. The van der Waals surface area contributed by atoms with Crippen LogP contribution in [-0.2, 0) is 0 Å². The van der Waals surface area contributed by atoms with E-state index >= 15 is 0 Å². The minimum absolute atomic E-state index is 0.00519. The fourth-order valence-corrected chi connectivity index (χ4v) is 2.23. The van der Waals surface area contributed by atoms with Gasteiger partial charge in [0.15, 0.2) is 0 Å². The minimum Gasteiger partial charge on any atom is -0.478 e. The molecule has 3 N–H and O–H groups in total. The summed E-state index contributed by atoms with van der Waals surface area (Å²) in [6.45, 7) is 4.14. The van der Waals surface area contributed by atoms with Crippen molar-refractivity contribution in [3.63, 3.8) is 0 Å². The highest BCUT2D eigenvalue weighted by Crippen LogP contribution is 2.21. The van der Waals surface area contributed by atoms with Gasteiger partial charge in [0.1, 0.15) is 0 Å². The third-order valence-corrected chi connectivity index (χ3v) is 3.44. The summed E-state index contributed by atoms with van der Waals surface area (Å²) in [6, 6.07) is 2.62. The zero-order valence-electron chi connectivity index (χ0n) is 12.2. The number of carboxylic acids is 2. The standard InChI is InChI=1S/C9H7BrO4.C6H14O/c1-4-2-7(10)6(9(13)14)3-5(4)8(11)12;1-2-3-4-5-6-7/h2-3H,1H3,(H,11,12)(H,13,14);7H,2-6H2,1H3. The molecule has 0 aromatic heterocycles. The Kier molecular flexibility index (Phi) is 9.65. The highest BCUT2D eigenvalue weighted by Gasteiger charge is 2.14. The van der Waals surface area contributed by atoms with E-state index in [0.717, 1.165) is 12.5 Å². The molecule has 0 saturated carbocycles. The number of aliphatic hydroxyl groups excluding tert-OH is 1. The monoisotopic (exact) mass is 360 g/mol. The molecule has 1 aromatic carbocycles. The smallest absolute Gasteiger partial charge is 0.336 e. The van der Waals surface area contributed by atoms with Crippen molar-refractivity contribution in [2.24, 2.45) is 0 Å². The summed E-state index contributed by atoms with van der Waals surface area (Å²) < 4.78 is 0.382. The highest BCUT2D eigenvalue weighted by atomic mass is 79.9. The molecule has 0 aliphatic carbocycles. The quantitative estimate of drug-likeness (QED) is 0.672. The van der Waals surface area contributed by atoms with Gasteiger partial charge in [-0.3, -0.25) is 0 Å². The fraction of sp³-hybridized carbons (Fsp3) is 0.467. The maximum Gasteiger partial charge on any atom is 0.336 e. The van der Waals surface area contributed by atoms with Crippen molar-refractivity contribution in [1.82, 2.24) is 0 Å². The molecule has 0 bridgehead atoms. The van der Waals surface area contributed by atoms with Gasteiger partial charge in [-0.2, -0.15) is 0 Å². The second-order valence-electron chi connectivity index (χ2n) is 4.54. The molecule has 118 valence electrons. The fourth-order valence-electron chi connectivity index (χ4n) is 1.61. The number of aliphatic hydroxyl groups is 1. The summed E-state index contributed by atoms with van der Waals surface area (Å²) in [4.78, 5) is 21.4. The first kappa shape index (κ1) is 19.6. The van der Waals surface area contributed by atoms with Crippen molar-refractivity contribution >= 4 is 27.9 Å². The normalized spacial score (nSPS) is 9.71. The van der Waals surface area contributed by atoms with Crippen LogP contribution >= 0.6 is 15.9 Å². The summed E-state index contributed by atoms with van der Waals surface area (Å²) in [5.74, 6) is -2.28. The molecule has 1 rings (SSSR count). The molecule has 5 nitrogen and oxygen atoms in total. The number of halogens is 1. The molecule has 0 radical (unpaired) electrons. The van der Waals surface area contributed by atoms with Crippen LogP contribution in [0.2, 0.25) is 0 Å². The molecule has 0 unspecified atom stereocenters. The molecule has 0 atom stereocenters. The molecule has 0 saturated heterocycles. The van der Waals surface area contributed by atoms with Gasteiger partial charge in [-0.1, -0.05) is 26.2 Å². The average molecular weight is 361 g/mol. The van der Waals surface area contributed by atoms with Gasteiger partial charge in [-0.25, -0.2) is 9.59 Å². The zero-order valence-corrected chi connectivity index (χ0v) is 13.8. The van der Waals surface area contributed by atoms with Gasteiger partial charge in [0.25, 0.3) is 0 Å². The van der Waals surface area contributed by atoms with Crippen LogP contribution in [0.3, 0.4) is 0 Å². The number of aromatic carboxylic acids is 2. The first-order chi connectivity index (χ1) is 9.84. The topological polar surface area (TPSA) is 94.8 Å². The Balaban J connectivity index is 0.000000486. The second-order valence-corrected chi connectivity index (χ2v) is 5.40. The molecule has 0 fully saturated rings. The Hall–Kier alpha value is -1.40. The van der Waals surface area contributed by atoms with Crippen molar-refractivity contribution < 1.29 is 24.9 Å². The van der Waals surface area contributed by atoms with Gasteiger partial charge < -0.3 is 15.3 Å². The summed E-state index contributed by atoms with van der Waals surface area (Å²) in [5.41, 5.74) is 0.480. The van der Waals surface area contributed by atoms with Gasteiger partial charge in [-0.15, -0.1) is 0 Å². The van der Waals surface area contributed by atoms with E-state index in [9.17, 15) is 9.59 Å². The lowest BCUT2D eigenvalue weighted by molar-refractivity contribution is 0.0695. The highest BCUT2D eigenvalue weighted by molar-refractivity contribution is 9.10. The molecule has 0 spiro atoms. The van der Waals surface area contributed by atoms with Crippen LogP contribution in [0.1, 0.15) is 58.9 Å². The number of rotatable bonds is 6. The maximum atomic E-state index is 10.7. The number of carboxylic acid groups (broad SMARTS) is 2. The predicted octanol–water partition coefficient (Wildman–Crippen LogP) is 3.71. The average Bonchev–Trinajstić information content (AvgIpc) is 2.39. The minimum atomic E-state index is -1.15. The molecule has 0 aliphatic heterocycles. The van der Waals surface area contributed by atoms with Crippen LogP contribution in [0.4, 0.5) is 0 Å². The van der Waals surface area contributed by atoms with Crippen LogP contribution in [0.5, 0.6) is 0 Å². The molecule has 0 aliphatic rings. The van der Waals surface area contributed by atoms with E-state index in [-0.39, 0.29) is 11.1 Å². The van der Waals surface area contributed by atoms with Crippen LogP contribution in [0, 0.1) is 6.92 Å². The second kappa shape index (κ2) is 10.3. The summed E-state index contributed by atoms with van der Waals surface area (Å²) in [7, 11) is 0. The first-order valence-electron chi connectivity index (χ1n) is 6.72. The van der Waals surface area contributed by atoms with E-state index in [1.807, 2.05) is 0 Å². The van der Waals surface area contributed by atoms with E-state index in [2.05, 4.69) is 22.9 Å². The number of hydrogen-bond donors (Lipinski definition) is 3. The van der Waals surface area contributed by atoms with Crippen molar-refractivity contribution in [2.75, 3.05) is 6.61 Å². The van der Waals surface area contributed by atoms with E-state index in [1.54, 1.807) is 6.92 Å². The Morgan fingerprint density at radius 1 is 1.05 bits per heavy atom. The third-order valence-electron chi connectivity index (χ3n) is 2.79. The van der Waals surface area contributed by atoms with E-state index in [0.29, 0.717) is 16.6 Å². The van der Waals surface area contributed by atoms with Crippen molar-refractivity contribution in [1.29, 1.82) is 0 Å². The summed E-state index contributed by atoms with van der Waals surface area (Å²) in [5, 5.41) is 25.8. The van der Waals surface area contributed by atoms with Crippen molar-refractivity contribution in [3.05, 3.63) is 33.3 Å². The summed E-state index contributed by atoms with van der Waals surface area (Å²) in [6.07, 6.45) is 4.68. The number of carbonyl (C=O) groups is 2. The zero-order chi connectivity index (χ0) is 16.4. The lowest BCUT2D eigenvalue weighted by Crippen LogP contribution is -2.05. The Bertz CT molecular complexity index is 446.